The number of rotatable bonds is 5. The van der Waals surface area contributed by atoms with Crippen molar-refractivity contribution in [1.29, 1.82) is 0 Å². The van der Waals surface area contributed by atoms with Crippen molar-refractivity contribution >= 4 is 17.6 Å². The maximum atomic E-state index is 13.5. The van der Waals surface area contributed by atoms with Gasteiger partial charge in [0.25, 0.3) is 5.91 Å². The normalized spacial score (nSPS) is 17.6. The monoisotopic (exact) mass is 572 g/mol. The molecule has 1 N–H and O–H groups in total. The van der Waals surface area contributed by atoms with Crippen LogP contribution < -0.4 is 5.32 Å². The van der Waals surface area contributed by atoms with Crippen LogP contribution in [0.2, 0.25) is 0 Å². The van der Waals surface area contributed by atoms with Crippen LogP contribution in [0, 0.1) is 25.6 Å². The minimum Gasteiger partial charge on any atom is -0.342 e. The second kappa shape index (κ2) is 10.7. The number of amides is 1. The molecule has 1 unspecified atom stereocenters. The van der Waals surface area contributed by atoms with Crippen LogP contribution in [-0.4, -0.2) is 74.1 Å². The van der Waals surface area contributed by atoms with Gasteiger partial charge in [0.15, 0.2) is 11.7 Å². The summed E-state index contributed by atoms with van der Waals surface area (Å²) in [5.41, 5.74) is 3.90. The second-order valence-corrected chi connectivity index (χ2v) is 10.4. The summed E-state index contributed by atoms with van der Waals surface area (Å²) in [6, 6.07) is 6.28. The number of alkyl halides is 3. The zero-order chi connectivity index (χ0) is 29.6. The molecule has 2 aliphatic heterocycles. The maximum absolute atomic E-state index is 13.5. The summed E-state index contributed by atoms with van der Waals surface area (Å²) in [6.45, 7) is 5.41. The lowest BCUT2D eigenvalue weighted by Crippen LogP contribution is -2.33. The fourth-order valence-corrected chi connectivity index (χ4v) is 5.43. The molecular formula is C28H32F4N8O. The first-order valence-electron chi connectivity index (χ1n) is 13.4. The second-order valence-electron chi connectivity index (χ2n) is 10.4. The Morgan fingerprint density at radius 2 is 1.83 bits per heavy atom. The molecule has 0 bridgehead atoms. The topological polar surface area (TPSA) is 83.6 Å². The Morgan fingerprint density at radius 1 is 1.12 bits per heavy atom. The molecule has 2 aromatic heterocycles. The zero-order valence-corrected chi connectivity index (χ0v) is 23.6. The molecule has 0 aliphatic carbocycles. The summed E-state index contributed by atoms with van der Waals surface area (Å²) in [4.78, 5) is 21.0. The number of hydrogen-bond donors (Lipinski definition) is 1. The molecule has 1 amide bonds. The zero-order valence-electron chi connectivity index (χ0n) is 23.6. The molecule has 0 radical (unpaired) electrons. The summed E-state index contributed by atoms with van der Waals surface area (Å²) < 4.78 is 56.4. The molecule has 1 fully saturated rings. The van der Waals surface area contributed by atoms with Crippen LogP contribution in [0.3, 0.4) is 0 Å². The number of carbonyl (C=O) groups is 1. The minimum absolute atomic E-state index is 0.0521. The van der Waals surface area contributed by atoms with Gasteiger partial charge in [-0.3, -0.25) is 9.48 Å². The fourth-order valence-electron chi connectivity index (χ4n) is 5.43. The molecule has 13 heteroatoms. The molecule has 9 nitrogen and oxygen atoms in total. The Morgan fingerprint density at radius 3 is 2.46 bits per heavy atom. The van der Waals surface area contributed by atoms with Gasteiger partial charge in [0.2, 0.25) is 0 Å². The van der Waals surface area contributed by atoms with Crippen LogP contribution in [0.25, 0.3) is 11.3 Å². The Kier molecular flexibility index (Phi) is 7.39. The molecule has 1 aromatic carbocycles. The molecule has 5 rings (SSSR count). The number of carbonyl (C=O) groups excluding carboxylic acids is 1. The lowest BCUT2D eigenvalue weighted by molar-refractivity contribution is -0.169. The largest absolute Gasteiger partial charge is 0.393 e. The summed E-state index contributed by atoms with van der Waals surface area (Å²) in [5.74, 6) is -0.461. The molecule has 41 heavy (non-hydrogen) atoms. The van der Waals surface area contributed by atoms with Gasteiger partial charge in [-0.25, -0.2) is 14.1 Å². The fraction of sp³-hybridized carbons (Fsp3) is 0.429. The molecule has 1 saturated heterocycles. The highest BCUT2D eigenvalue weighted by Crippen LogP contribution is 2.35. The molecule has 2 aliphatic rings. The van der Waals surface area contributed by atoms with E-state index in [1.165, 1.54) is 17.0 Å². The van der Waals surface area contributed by atoms with Gasteiger partial charge in [-0.2, -0.15) is 23.4 Å². The van der Waals surface area contributed by atoms with Crippen LogP contribution in [0.4, 0.5) is 23.4 Å². The third kappa shape index (κ3) is 5.32. The SMILES string of the molecule is CCc1c(NC2=CC(n3nc(C)c(C(=O)N4CCC(C(F)(F)F)C4)c3C)=NCN2C)nn(C)c1-c1ccc(F)cc1. The standard InChI is InChI=1S/C28H32F4N8O/c1-6-21-25(18-7-9-20(29)10-8-18)38(5)36-26(21)34-23-13-22(33-15-37(23)4)40-17(3)24(16(2)35-40)27(41)39-12-11-19(14-39)28(30,31)32/h7-10,13,19H,6,11-12,14-15H2,1-5H3,(H,34,36). The number of halogens is 4. The predicted octanol–water partition coefficient (Wildman–Crippen LogP) is 4.73. The average Bonchev–Trinajstić information content (AvgIpc) is 3.61. The van der Waals surface area contributed by atoms with E-state index in [-0.39, 0.29) is 25.3 Å². The minimum atomic E-state index is -4.33. The van der Waals surface area contributed by atoms with Gasteiger partial charge in [-0.05, 0) is 51.0 Å². The highest BCUT2D eigenvalue weighted by atomic mass is 19.4. The van der Waals surface area contributed by atoms with Crippen molar-refractivity contribution in [3.8, 4) is 11.3 Å². The lowest BCUT2D eigenvalue weighted by atomic mass is 10.1. The first kappa shape index (κ1) is 28.4. The molecule has 3 aromatic rings. The molecule has 4 heterocycles. The summed E-state index contributed by atoms with van der Waals surface area (Å²) in [5, 5.41) is 12.6. The number of benzene rings is 1. The lowest BCUT2D eigenvalue weighted by Gasteiger charge is -2.26. The van der Waals surface area contributed by atoms with Gasteiger partial charge in [0.1, 0.15) is 18.3 Å². The average molecular weight is 573 g/mol. The van der Waals surface area contributed by atoms with Gasteiger partial charge < -0.3 is 15.1 Å². The number of aromatic nitrogens is 4. The summed E-state index contributed by atoms with van der Waals surface area (Å²) in [7, 11) is 3.70. The van der Waals surface area contributed by atoms with E-state index in [1.807, 2.05) is 25.9 Å². The van der Waals surface area contributed by atoms with Gasteiger partial charge in [-0.1, -0.05) is 6.92 Å². The molecular weight excluding hydrogens is 540 g/mol. The smallest absolute Gasteiger partial charge is 0.342 e. The first-order valence-corrected chi connectivity index (χ1v) is 13.4. The number of likely N-dealkylation sites (tertiary alicyclic amines) is 1. The number of anilines is 1. The van der Waals surface area contributed by atoms with Crippen LogP contribution >= 0.6 is 0 Å². The van der Waals surface area contributed by atoms with E-state index >= 15 is 0 Å². The molecule has 1 atom stereocenters. The van der Waals surface area contributed by atoms with E-state index in [4.69, 9.17) is 0 Å². The number of aryl methyl sites for hydroxylation is 2. The van der Waals surface area contributed by atoms with Crippen molar-refractivity contribution in [3.05, 3.63) is 64.5 Å². The van der Waals surface area contributed by atoms with E-state index in [1.54, 1.807) is 41.4 Å². The van der Waals surface area contributed by atoms with Gasteiger partial charge in [0.05, 0.1) is 28.6 Å². The van der Waals surface area contributed by atoms with Gasteiger partial charge in [0, 0.05) is 44.4 Å². The Labute approximate surface area is 235 Å². The van der Waals surface area contributed by atoms with Crippen molar-refractivity contribution in [3.63, 3.8) is 0 Å². The number of hydrogen-bond acceptors (Lipinski definition) is 6. The Bertz CT molecular complexity index is 1530. The quantitative estimate of drug-likeness (QED) is 0.447. The van der Waals surface area contributed by atoms with Crippen molar-refractivity contribution in [2.45, 2.75) is 39.8 Å². The highest BCUT2D eigenvalue weighted by molar-refractivity contribution is 6.01. The van der Waals surface area contributed by atoms with Gasteiger partial charge in [-0.15, -0.1) is 0 Å². The molecule has 0 spiro atoms. The van der Waals surface area contributed by atoms with Crippen molar-refractivity contribution in [1.82, 2.24) is 29.4 Å². The van der Waals surface area contributed by atoms with E-state index in [9.17, 15) is 22.4 Å². The first-order chi connectivity index (χ1) is 19.4. The predicted molar refractivity (Wildman–Crippen MR) is 147 cm³/mol. The highest BCUT2D eigenvalue weighted by Gasteiger charge is 2.45. The summed E-state index contributed by atoms with van der Waals surface area (Å²) in [6.07, 6.45) is -1.96. The Hall–Kier alpha value is -4.16. The van der Waals surface area contributed by atoms with Crippen LogP contribution in [0.15, 0.2) is 41.2 Å². The Balaban J connectivity index is 1.42. The number of nitrogens with zero attached hydrogens (tertiary/aromatic N) is 7. The molecule has 0 saturated carbocycles. The van der Waals surface area contributed by atoms with Crippen LogP contribution in [0.5, 0.6) is 0 Å². The van der Waals surface area contributed by atoms with Crippen molar-refractivity contribution in [2.24, 2.45) is 18.0 Å². The van der Waals surface area contributed by atoms with Crippen LogP contribution in [0.1, 0.15) is 40.7 Å². The van der Waals surface area contributed by atoms with Crippen molar-refractivity contribution < 1.29 is 22.4 Å². The van der Waals surface area contributed by atoms with E-state index in [2.05, 4.69) is 20.5 Å². The van der Waals surface area contributed by atoms with E-state index in [0.29, 0.717) is 47.5 Å². The third-order valence-electron chi connectivity index (χ3n) is 7.65. The summed E-state index contributed by atoms with van der Waals surface area (Å²) >= 11 is 0. The van der Waals surface area contributed by atoms with Gasteiger partial charge >= 0.3 is 6.18 Å². The van der Waals surface area contributed by atoms with Crippen LogP contribution in [-0.2, 0) is 13.5 Å². The maximum Gasteiger partial charge on any atom is 0.393 e. The third-order valence-corrected chi connectivity index (χ3v) is 7.65. The van der Waals surface area contributed by atoms with Crippen molar-refractivity contribution in [2.75, 3.05) is 32.1 Å². The van der Waals surface area contributed by atoms with E-state index < -0.39 is 18.0 Å². The number of allylic oxidation sites excluding steroid dienone is 1. The number of nitrogens with one attached hydrogen (secondary N) is 1. The van der Waals surface area contributed by atoms with E-state index in [0.717, 1.165) is 16.8 Å². The number of aliphatic imine (C=N–C) groups is 1. The molecule has 218 valence electrons.